The highest BCUT2D eigenvalue weighted by Gasteiger charge is 2.32. The number of rotatable bonds is 5. The van der Waals surface area contributed by atoms with Gasteiger partial charge in [0, 0.05) is 13.1 Å². The van der Waals surface area contributed by atoms with E-state index in [-0.39, 0.29) is 18.0 Å². The first-order valence-electron chi connectivity index (χ1n) is 7.48. The van der Waals surface area contributed by atoms with E-state index < -0.39 is 26.7 Å². The van der Waals surface area contributed by atoms with Gasteiger partial charge in [0.15, 0.2) is 16.4 Å². The summed E-state index contributed by atoms with van der Waals surface area (Å²) in [5, 5.41) is 11.1. The second-order valence-corrected chi connectivity index (χ2v) is 7.52. The van der Waals surface area contributed by atoms with Crippen LogP contribution in [0.4, 0.5) is 5.69 Å². The van der Waals surface area contributed by atoms with Crippen LogP contribution in [-0.4, -0.2) is 43.9 Å². The van der Waals surface area contributed by atoms with E-state index >= 15 is 0 Å². The SMILES string of the molecule is CN(C[C@H]1COc2ccccc2O1)S(=O)(=O)c1ccccc1[N+](=O)[O-]. The minimum Gasteiger partial charge on any atom is -0.486 e. The summed E-state index contributed by atoms with van der Waals surface area (Å²) < 4.78 is 37.8. The minimum atomic E-state index is -4.04. The molecule has 0 spiro atoms. The topological polar surface area (TPSA) is 99.0 Å². The van der Waals surface area contributed by atoms with Gasteiger partial charge in [-0.1, -0.05) is 24.3 Å². The van der Waals surface area contributed by atoms with Crippen molar-refractivity contribution in [3.05, 3.63) is 58.6 Å². The summed E-state index contributed by atoms with van der Waals surface area (Å²) in [6.07, 6.45) is -0.516. The average Bonchev–Trinajstić information content (AvgIpc) is 2.61. The van der Waals surface area contributed by atoms with Gasteiger partial charge >= 0.3 is 0 Å². The Labute approximate surface area is 144 Å². The van der Waals surface area contributed by atoms with Gasteiger partial charge in [-0.3, -0.25) is 10.1 Å². The number of benzene rings is 2. The first-order valence-corrected chi connectivity index (χ1v) is 8.92. The van der Waals surface area contributed by atoms with Crippen LogP contribution in [-0.2, 0) is 10.0 Å². The van der Waals surface area contributed by atoms with Gasteiger partial charge in [0.25, 0.3) is 5.69 Å². The summed E-state index contributed by atoms with van der Waals surface area (Å²) in [4.78, 5) is 10.0. The highest BCUT2D eigenvalue weighted by molar-refractivity contribution is 7.89. The Morgan fingerprint density at radius 1 is 1.16 bits per heavy atom. The van der Waals surface area contributed by atoms with Crippen LogP contribution in [0.15, 0.2) is 53.4 Å². The molecule has 132 valence electrons. The molecule has 1 aliphatic heterocycles. The molecule has 0 N–H and O–H groups in total. The van der Waals surface area contributed by atoms with Crippen LogP contribution in [0.25, 0.3) is 0 Å². The van der Waals surface area contributed by atoms with Gasteiger partial charge < -0.3 is 9.47 Å². The maximum atomic E-state index is 12.7. The monoisotopic (exact) mass is 364 g/mol. The fourth-order valence-electron chi connectivity index (χ4n) is 2.53. The molecule has 1 atom stereocenters. The molecule has 0 amide bonds. The Morgan fingerprint density at radius 2 is 1.80 bits per heavy atom. The highest BCUT2D eigenvalue weighted by Crippen LogP contribution is 2.32. The summed E-state index contributed by atoms with van der Waals surface area (Å²) >= 11 is 0. The molecule has 0 unspecified atom stereocenters. The third-order valence-electron chi connectivity index (χ3n) is 3.78. The van der Waals surface area contributed by atoms with Crippen molar-refractivity contribution < 1.29 is 22.8 Å². The number of nitro groups is 1. The quantitative estimate of drug-likeness (QED) is 0.595. The minimum absolute atomic E-state index is 0.00269. The third-order valence-corrected chi connectivity index (χ3v) is 5.65. The normalized spacial score (nSPS) is 16.6. The van der Waals surface area contributed by atoms with Crippen molar-refractivity contribution in [2.24, 2.45) is 0 Å². The van der Waals surface area contributed by atoms with E-state index in [1.165, 1.54) is 25.2 Å². The summed E-state index contributed by atoms with van der Waals surface area (Å²) in [6, 6.07) is 12.4. The number of nitro benzene ring substituents is 1. The van der Waals surface area contributed by atoms with Crippen LogP contribution in [0.2, 0.25) is 0 Å². The van der Waals surface area contributed by atoms with Crippen LogP contribution in [0.5, 0.6) is 11.5 Å². The first kappa shape index (κ1) is 17.2. The van der Waals surface area contributed by atoms with Gasteiger partial charge in [-0.05, 0) is 18.2 Å². The predicted octanol–water partition coefficient (Wildman–Crippen LogP) is 2.06. The number of fused-ring (bicyclic) bond motifs is 1. The van der Waals surface area contributed by atoms with Crippen LogP contribution in [0.1, 0.15) is 0 Å². The van der Waals surface area contributed by atoms with Crippen molar-refractivity contribution in [1.82, 2.24) is 4.31 Å². The number of likely N-dealkylation sites (N-methyl/N-ethyl adjacent to an activating group) is 1. The van der Waals surface area contributed by atoms with Gasteiger partial charge in [-0.25, -0.2) is 8.42 Å². The molecule has 8 nitrogen and oxygen atoms in total. The van der Waals surface area contributed by atoms with Crippen molar-refractivity contribution in [3.63, 3.8) is 0 Å². The first-order chi connectivity index (χ1) is 11.9. The van der Waals surface area contributed by atoms with E-state index in [9.17, 15) is 18.5 Å². The van der Waals surface area contributed by atoms with Gasteiger partial charge in [-0.2, -0.15) is 4.31 Å². The van der Waals surface area contributed by atoms with Crippen molar-refractivity contribution >= 4 is 15.7 Å². The highest BCUT2D eigenvalue weighted by atomic mass is 32.2. The second kappa shape index (κ2) is 6.69. The predicted molar refractivity (Wildman–Crippen MR) is 89.3 cm³/mol. The largest absolute Gasteiger partial charge is 0.486 e. The lowest BCUT2D eigenvalue weighted by molar-refractivity contribution is -0.387. The Bertz CT molecular complexity index is 899. The zero-order valence-corrected chi connectivity index (χ0v) is 14.2. The Morgan fingerprint density at radius 3 is 2.52 bits per heavy atom. The van der Waals surface area contributed by atoms with Crippen LogP contribution in [0.3, 0.4) is 0 Å². The maximum absolute atomic E-state index is 12.7. The van der Waals surface area contributed by atoms with Gasteiger partial charge in [0.1, 0.15) is 12.7 Å². The fourth-order valence-corrected chi connectivity index (χ4v) is 3.89. The maximum Gasteiger partial charge on any atom is 0.289 e. The van der Waals surface area contributed by atoms with Crippen LogP contribution >= 0.6 is 0 Å². The van der Waals surface area contributed by atoms with Crippen molar-refractivity contribution in [1.29, 1.82) is 0 Å². The number of nitrogens with zero attached hydrogens (tertiary/aromatic N) is 2. The number of para-hydroxylation sites is 3. The zero-order chi connectivity index (χ0) is 18.0. The molecule has 3 rings (SSSR count). The second-order valence-electron chi connectivity index (χ2n) is 5.51. The molecule has 2 aromatic carbocycles. The van der Waals surface area contributed by atoms with Crippen molar-refractivity contribution in [2.45, 2.75) is 11.0 Å². The molecule has 0 bridgehead atoms. The van der Waals surface area contributed by atoms with E-state index in [2.05, 4.69) is 0 Å². The van der Waals surface area contributed by atoms with Crippen molar-refractivity contribution in [3.8, 4) is 11.5 Å². The van der Waals surface area contributed by atoms with E-state index in [1.54, 1.807) is 18.2 Å². The molecule has 0 fully saturated rings. The molecule has 0 saturated carbocycles. The molecule has 25 heavy (non-hydrogen) atoms. The Balaban J connectivity index is 1.80. The Kier molecular flexibility index (Phi) is 4.60. The molecule has 0 radical (unpaired) electrons. The molecular formula is C16H16N2O6S. The van der Waals surface area contributed by atoms with E-state index in [0.717, 1.165) is 10.4 Å². The molecule has 2 aromatic rings. The lowest BCUT2D eigenvalue weighted by Gasteiger charge is -2.29. The van der Waals surface area contributed by atoms with Crippen molar-refractivity contribution in [2.75, 3.05) is 20.2 Å². The fraction of sp³-hybridized carbons (Fsp3) is 0.250. The van der Waals surface area contributed by atoms with Crippen LogP contribution in [0, 0.1) is 10.1 Å². The number of sulfonamides is 1. The van der Waals surface area contributed by atoms with E-state index in [1.807, 2.05) is 6.07 Å². The third kappa shape index (κ3) is 3.42. The smallest absolute Gasteiger partial charge is 0.289 e. The average molecular weight is 364 g/mol. The molecule has 1 aliphatic rings. The lowest BCUT2D eigenvalue weighted by Crippen LogP contribution is -2.41. The van der Waals surface area contributed by atoms with Gasteiger partial charge in [0.05, 0.1) is 11.5 Å². The van der Waals surface area contributed by atoms with Gasteiger partial charge in [0.2, 0.25) is 10.0 Å². The summed E-state index contributed by atoms with van der Waals surface area (Å²) in [5.41, 5.74) is -0.458. The van der Waals surface area contributed by atoms with Gasteiger partial charge in [-0.15, -0.1) is 0 Å². The molecule has 0 saturated heterocycles. The standard InChI is InChI=1S/C16H16N2O6S/c1-17(10-12-11-23-14-7-3-4-8-15(14)24-12)25(21,22)16-9-5-2-6-13(16)18(19)20/h2-9,12H,10-11H2,1H3/t12-/m0/s1. The summed E-state index contributed by atoms with van der Waals surface area (Å²) in [6.45, 7) is 0.191. The number of hydrogen-bond acceptors (Lipinski definition) is 6. The van der Waals surface area contributed by atoms with E-state index in [4.69, 9.17) is 9.47 Å². The lowest BCUT2D eigenvalue weighted by atomic mass is 10.2. The molecular weight excluding hydrogens is 348 g/mol. The van der Waals surface area contributed by atoms with Crippen LogP contribution < -0.4 is 9.47 Å². The molecule has 1 heterocycles. The Hall–Kier alpha value is -2.65. The molecule has 0 aromatic heterocycles. The number of ether oxygens (including phenoxy) is 2. The summed E-state index contributed by atoms with van der Waals surface area (Å²) in [7, 11) is -2.68. The molecule has 9 heteroatoms. The van der Waals surface area contributed by atoms with E-state index in [0.29, 0.717) is 11.5 Å². The zero-order valence-electron chi connectivity index (χ0n) is 13.4. The molecule has 0 aliphatic carbocycles. The summed E-state index contributed by atoms with van der Waals surface area (Å²) in [5.74, 6) is 1.14. The number of hydrogen-bond donors (Lipinski definition) is 0.